The molecule has 392 valence electrons. The minimum atomic E-state index is -0.793. The van der Waals surface area contributed by atoms with Crippen LogP contribution in [0.25, 0.3) is 0 Å². The van der Waals surface area contributed by atoms with Crippen molar-refractivity contribution in [3.63, 3.8) is 0 Å². The number of carbonyl (C=O) groups is 2. The van der Waals surface area contributed by atoms with Crippen LogP contribution in [0.1, 0.15) is 303 Å². The van der Waals surface area contributed by atoms with Crippen molar-refractivity contribution in [2.24, 2.45) is 0 Å². The fraction of sp³-hybridized carbons (Fsp3) is 0.836. The van der Waals surface area contributed by atoms with E-state index in [1.54, 1.807) is 0 Å². The summed E-state index contributed by atoms with van der Waals surface area (Å²) in [6.07, 6.45) is 67.4. The minimum Gasteiger partial charge on any atom is -0.462 e. The maximum absolute atomic E-state index is 13.3. The van der Waals surface area contributed by atoms with Gasteiger partial charge >= 0.3 is 5.97 Å². The first kappa shape index (κ1) is 64.8. The Labute approximate surface area is 416 Å². The van der Waals surface area contributed by atoms with Gasteiger partial charge in [-0.3, -0.25) is 9.59 Å². The summed E-state index contributed by atoms with van der Waals surface area (Å²) in [5, 5.41) is 23.9. The number of hydrogen-bond donors (Lipinski definition) is 3. The van der Waals surface area contributed by atoms with Crippen LogP contribution in [0.5, 0.6) is 0 Å². The standard InChI is InChI=1S/C61H113NO5/c1-4-7-10-13-16-19-22-25-28-29-30-31-33-36-39-42-45-48-51-54-61(66)67-57(52-49-46-43-40-37-34-32-26-23-20-17-14-11-8-5-2)55-60(65)62-58(56-63)59(64)53-50-47-44-41-38-35-27-24-21-18-15-12-9-6-3/h16-17,19-20,25-26,28,32,57-59,63-64H,4-15,18,21-24,27,29-31,33-56H2,1-3H3,(H,62,65)/b19-16-,20-17-,28-25-,32-26-. The molecule has 0 saturated carbocycles. The lowest BCUT2D eigenvalue weighted by Crippen LogP contribution is -2.46. The van der Waals surface area contributed by atoms with Crippen molar-refractivity contribution in [3.8, 4) is 0 Å². The summed E-state index contributed by atoms with van der Waals surface area (Å²) in [5.74, 6) is -0.481. The Balaban J connectivity index is 4.55. The molecule has 6 heteroatoms. The van der Waals surface area contributed by atoms with E-state index in [-0.39, 0.29) is 24.9 Å². The summed E-state index contributed by atoms with van der Waals surface area (Å²) in [4.78, 5) is 26.3. The van der Waals surface area contributed by atoms with Crippen molar-refractivity contribution in [2.45, 2.75) is 322 Å². The summed E-state index contributed by atoms with van der Waals surface area (Å²) in [5.41, 5.74) is 0. The normalized spacial score (nSPS) is 13.4. The minimum absolute atomic E-state index is 0.0679. The van der Waals surface area contributed by atoms with Crippen LogP contribution in [0.15, 0.2) is 48.6 Å². The van der Waals surface area contributed by atoms with Crippen LogP contribution in [-0.2, 0) is 14.3 Å². The van der Waals surface area contributed by atoms with Gasteiger partial charge in [0.15, 0.2) is 0 Å². The highest BCUT2D eigenvalue weighted by Gasteiger charge is 2.24. The molecule has 0 rings (SSSR count). The Kier molecular flexibility index (Phi) is 53.0. The topological polar surface area (TPSA) is 95.9 Å². The van der Waals surface area contributed by atoms with E-state index >= 15 is 0 Å². The number of unbranched alkanes of at least 4 members (excludes halogenated alkanes) is 33. The number of aliphatic hydroxyl groups excluding tert-OH is 2. The molecular formula is C61H113NO5. The first-order valence-corrected chi connectivity index (χ1v) is 29.4. The zero-order valence-corrected chi connectivity index (χ0v) is 44.8. The van der Waals surface area contributed by atoms with Gasteiger partial charge in [0.2, 0.25) is 5.91 Å². The molecule has 3 N–H and O–H groups in total. The zero-order chi connectivity index (χ0) is 48.8. The number of aliphatic hydroxyl groups is 2. The molecule has 0 heterocycles. The van der Waals surface area contributed by atoms with Gasteiger partial charge in [-0.2, -0.15) is 0 Å². The number of nitrogens with one attached hydrogen (secondary N) is 1. The third-order valence-electron chi connectivity index (χ3n) is 13.4. The van der Waals surface area contributed by atoms with Crippen LogP contribution in [0.4, 0.5) is 0 Å². The predicted molar refractivity (Wildman–Crippen MR) is 292 cm³/mol. The van der Waals surface area contributed by atoms with Crippen molar-refractivity contribution in [1.82, 2.24) is 5.32 Å². The van der Waals surface area contributed by atoms with Crippen LogP contribution in [0, 0.1) is 0 Å². The molecule has 0 aliphatic rings. The average molecular weight is 941 g/mol. The largest absolute Gasteiger partial charge is 0.462 e. The van der Waals surface area contributed by atoms with Gasteiger partial charge in [0, 0.05) is 6.42 Å². The molecule has 3 unspecified atom stereocenters. The molecule has 6 nitrogen and oxygen atoms in total. The molecule has 0 aliphatic heterocycles. The van der Waals surface area contributed by atoms with E-state index in [0.717, 1.165) is 77.0 Å². The highest BCUT2D eigenvalue weighted by molar-refractivity contribution is 5.77. The summed E-state index contributed by atoms with van der Waals surface area (Å²) in [6.45, 7) is 6.46. The van der Waals surface area contributed by atoms with Gasteiger partial charge in [-0.05, 0) is 89.9 Å². The van der Waals surface area contributed by atoms with Crippen molar-refractivity contribution in [2.75, 3.05) is 6.61 Å². The second-order valence-electron chi connectivity index (χ2n) is 20.0. The van der Waals surface area contributed by atoms with E-state index in [1.165, 1.54) is 180 Å². The quantitative estimate of drug-likeness (QED) is 0.0321. The maximum Gasteiger partial charge on any atom is 0.306 e. The Hall–Kier alpha value is -2.18. The molecule has 0 fully saturated rings. The molecule has 67 heavy (non-hydrogen) atoms. The number of hydrogen-bond acceptors (Lipinski definition) is 5. The van der Waals surface area contributed by atoms with E-state index in [0.29, 0.717) is 19.3 Å². The van der Waals surface area contributed by atoms with Crippen molar-refractivity contribution in [1.29, 1.82) is 0 Å². The SMILES string of the molecule is CCCCC/C=C\C/C=C\CCCCCCCCCCCC(=O)OC(CCCCCCC/C=C\C/C=C\CCCCC)CC(=O)NC(CO)C(O)CCCCCCCCCCCCCCCC. The lowest BCUT2D eigenvalue weighted by atomic mass is 10.0. The summed E-state index contributed by atoms with van der Waals surface area (Å²) in [7, 11) is 0. The summed E-state index contributed by atoms with van der Waals surface area (Å²) >= 11 is 0. The maximum atomic E-state index is 13.3. The van der Waals surface area contributed by atoms with Crippen LogP contribution >= 0.6 is 0 Å². The highest BCUT2D eigenvalue weighted by atomic mass is 16.5. The smallest absolute Gasteiger partial charge is 0.306 e. The van der Waals surface area contributed by atoms with Gasteiger partial charge in [-0.15, -0.1) is 0 Å². The van der Waals surface area contributed by atoms with Crippen LogP contribution in [0.2, 0.25) is 0 Å². The molecule has 0 aromatic rings. The second kappa shape index (κ2) is 54.8. The Morgan fingerprint density at radius 1 is 0.433 bits per heavy atom. The third kappa shape index (κ3) is 50.0. The van der Waals surface area contributed by atoms with Gasteiger partial charge in [-0.1, -0.05) is 249 Å². The molecule has 0 saturated heterocycles. The van der Waals surface area contributed by atoms with E-state index in [9.17, 15) is 19.8 Å². The fourth-order valence-corrected chi connectivity index (χ4v) is 8.90. The molecule has 0 radical (unpaired) electrons. The second-order valence-corrected chi connectivity index (χ2v) is 20.0. The van der Waals surface area contributed by atoms with Gasteiger partial charge < -0.3 is 20.3 Å². The molecule has 0 aliphatic carbocycles. The number of allylic oxidation sites excluding steroid dienone is 8. The van der Waals surface area contributed by atoms with Gasteiger partial charge in [-0.25, -0.2) is 0 Å². The Morgan fingerprint density at radius 2 is 0.761 bits per heavy atom. The molecular weight excluding hydrogens is 827 g/mol. The van der Waals surface area contributed by atoms with Crippen LogP contribution < -0.4 is 5.32 Å². The van der Waals surface area contributed by atoms with Crippen molar-refractivity contribution >= 4 is 11.9 Å². The van der Waals surface area contributed by atoms with Gasteiger partial charge in [0.05, 0.1) is 25.2 Å². The van der Waals surface area contributed by atoms with E-state index in [4.69, 9.17) is 4.74 Å². The summed E-state index contributed by atoms with van der Waals surface area (Å²) < 4.78 is 5.96. The highest BCUT2D eigenvalue weighted by Crippen LogP contribution is 2.18. The van der Waals surface area contributed by atoms with Gasteiger partial charge in [0.1, 0.15) is 6.10 Å². The van der Waals surface area contributed by atoms with E-state index < -0.39 is 18.2 Å². The van der Waals surface area contributed by atoms with Gasteiger partial charge in [0.25, 0.3) is 0 Å². The number of ether oxygens (including phenoxy) is 1. The number of rotatable bonds is 53. The number of esters is 1. The third-order valence-corrected chi connectivity index (χ3v) is 13.4. The van der Waals surface area contributed by atoms with E-state index in [1.807, 2.05) is 0 Å². The lowest BCUT2D eigenvalue weighted by molar-refractivity contribution is -0.151. The lowest BCUT2D eigenvalue weighted by Gasteiger charge is -2.24. The van der Waals surface area contributed by atoms with Crippen LogP contribution in [0.3, 0.4) is 0 Å². The molecule has 0 aromatic heterocycles. The molecule has 0 aromatic carbocycles. The Bertz CT molecular complexity index is 1150. The first-order valence-electron chi connectivity index (χ1n) is 29.4. The first-order chi connectivity index (χ1) is 33.0. The van der Waals surface area contributed by atoms with Crippen molar-refractivity contribution in [3.05, 3.63) is 48.6 Å². The van der Waals surface area contributed by atoms with Crippen LogP contribution in [-0.4, -0.2) is 46.9 Å². The van der Waals surface area contributed by atoms with Crippen molar-refractivity contribution < 1.29 is 24.5 Å². The average Bonchev–Trinajstić information content (AvgIpc) is 3.32. The van der Waals surface area contributed by atoms with E-state index in [2.05, 4.69) is 74.7 Å². The predicted octanol–water partition coefficient (Wildman–Crippen LogP) is 18.2. The fourth-order valence-electron chi connectivity index (χ4n) is 8.90. The monoisotopic (exact) mass is 940 g/mol. The zero-order valence-electron chi connectivity index (χ0n) is 44.8. The molecule has 3 atom stereocenters. The molecule has 0 spiro atoms. The summed E-state index contributed by atoms with van der Waals surface area (Å²) in [6, 6.07) is -0.707. The number of amides is 1. The Morgan fingerprint density at radius 3 is 1.16 bits per heavy atom. The molecule has 0 bridgehead atoms. The molecule has 1 amide bonds. The number of carbonyl (C=O) groups excluding carboxylic acids is 2.